The standard InChI is InChI=1S/C21H22FN3O/c1-21(2)13-19(23-8-7-14-5-3-4-6-16(14)22)15-11-17-18(12-20(15)26-21)25-10-9-24-17/h3-6,9-12,19,23H,7-8,13H2,1-2H3. The van der Waals surface area contributed by atoms with Gasteiger partial charge in [0.1, 0.15) is 17.2 Å². The van der Waals surface area contributed by atoms with Crippen molar-refractivity contribution in [2.24, 2.45) is 0 Å². The van der Waals surface area contributed by atoms with Crippen molar-refractivity contribution in [1.29, 1.82) is 0 Å². The summed E-state index contributed by atoms with van der Waals surface area (Å²) in [6, 6.07) is 11.1. The van der Waals surface area contributed by atoms with Crippen molar-refractivity contribution >= 4 is 11.0 Å². The fraction of sp³-hybridized carbons (Fsp3) is 0.333. The van der Waals surface area contributed by atoms with E-state index in [1.54, 1.807) is 18.5 Å². The minimum Gasteiger partial charge on any atom is -0.487 e. The fourth-order valence-electron chi connectivity index (χ4n) is 3.57. The highest BCUT2D eigenvalue weighted by Gasteiger charge is 2.34. The predicted molar refractivity (Wildman–Crippen MR) is 99.7 cm³/mol. The van der Waals surface area contributed by atoms with Crippen LogP contribution in [0, 0.1) is 5.82 Å². The van der Waals surface area contributed by atoms with E-state index < -0.39 is 0 Å². The molecule has 0 radical (unpaired) electrons. The van der Waals surface area contributed by atoms with Gasteiger partial charge in [0, 0.05) is 36.5 Å². The number of rotatable bonds is 4. The van der Waals surface area contributed by atoms with Crippen LogP contribution in [0.3, 0.4) is 0 Å². The topological polar surface area (TPSA) is 47.0 Å². The molecule has 1 aliphatic rings. The van der Waals surface area contributed by atoms with Crippen LogP contribution in [0.1, 0.15) is 37.4 Å². The maximum absolute atomic E-state index is 13.8. The third-order valence-corrected chi connectivity index (χ3v) is 4.80. The summed E-state index contributed by atoms with van der Waals surface area (Å²) >= 11 is 0. The van der Waals surface area contributed by atoms with Crippen LogP contribution in [0.4, 0.5) is 4.39 Å². The minimum atomic E-state index is -0.279. The van der Waals surface area contributed by atoms with E-state index in [1.165, 1.54) is 6.07 Å². The normalized spacial score (nSPS) is 18.3. The number of hydrogen-bond donors (Lipinski definition) is 1. The van der Waals surface area contributed by atoms with Crippen molar-refractivity contribution in [3.8, 4) is 5.75 Å². The SMILES string of the molecule is CC1(C)CC(NCCc2ccccc2F)c2cc3nccnc3cc2O1. The van der Waals surface area contributed by atoms with Crippen LogP contribution < -0.4 is 10.1 Å². The zero-order chi connectivity index (χ0) is 18.1. The van der Waals surface area contributed by atoms with Gasteiger partial charge < -0.3 is 10.1 Å². The summed E-state index contributed by atoms with van der Waals surface area (Å²) in [7, 11) is 0. The molecule has 2 heterocycles. The molecule has 0 aliphatic carbocycles. The summed E-state index contributed by atoms with van der Waals surface area (Å²) in [6.45, 7) is 4.87. The van der Waals surface area contributed by atoms with Gasteiger partial charge in [-0.15, -0.1) is 0 Å². The molecule has 26 heavy (non-hydrogen) atoms. The quantitative estimate of drug-likeness (QED) is 0.765. The van der Waals surface area contributed by atoms with Crippen LogP contribution in [0.15, 0.2) is 48.8 Å². The molecule has 0 bridgehead atoms. The molecule has 0 amide bonds. The van der Waals surface area contributed by atoms with Gasteiger partial charge in [-0.25, -0.2) is 4.39 Å². The molecular weight excluding hydrogens is 329 g/mol. The number of benzene rings is 2. The number of aromatic nitrogens is 2. The zero-order valence-electron chi connectivity index (χ0n) is 15.0. The summed E-state index contributed by atoms with van der Waals surface area (Å²) in [5, 5.41) is 3.58. The molecule has 4 nitrogen and oxygen atoms in total. The van der Waals surface area contributed by atoms with Crippen molar-refractivity contribution in [2.45, 2.75) is 38.3 Å². The fourth-order valence-corrected chi connectivity index (χ4v) is 3.57. The summed E-state index contributed by atoms with van der Waals surface area (Å²) in [5.41, 5.74) is 3.23. The van der Waals surface area contributed by atoms with Gasteiger partial charge in [-0.3, -0.25) is 9.97 Å². The van der Waals surface area contributed by atoms with Gasteiger partial charge in [-0.2, -0.15) is 0 Å². The molecule has 1 N–H and O–H groups in total. The Morgan fingerprint density at radius 1 is 1.15 bits per heavy atom. The molecular formula is C21H22FN3O. The van der Waals surface area contributed by atoms with Crippen LogP contribution in [-0.2, 0) is 6.42 Å². The van der Waals surface area contributed by atoms with Gasteiger partial charge in [-0.05, 0) is 44.5 Å². The average Bonchev–Trinajstić information content (AvgIpc) is 2.61. The summed E-state index contributed by atoms with van der Waals surface area (Å²) in [4.78, 5) is 8.77. The number of fused-ring (bicyclic) bond motifs is 2. The van der Waals surface area contributed by atoms with Crippen LogP contribution in [-0.4, -0.2) is 22.1 Å². The number of nitrogens with one attached hydrogen (secondary N) is 1. The molecule has 1 atom stereocenters. The van der Waals surface area contributed by atoms with E-state index in [-0.39, 0.29) is 17.5 Å². The second-order valence-electron chi connectivity index (χ2n) is 7.35. The summed E-state index contributed by atoms with van der Waals surface area (Å²) in [6.07, 6.45) is 4.87. The van der Waals surface area contributed by atoms with Crippen LogP contribution in [0.2, 0.25) is 0 Å². The molecule has 1 aliphatic heterocycles. The molecule has 2 aromatic carbocycles. The monoisotopic (exact) mass is 351 g/mol. The number of halogens is 1. The average molecular weight is 351 g/mol. The lowest BCUT2D eigenvalue weighted by Gasteiger charge is -2.38. The van der Waals surface area contributed by atoms with Crippen molar-refractivity contribution < 1.29 is 9.13 Å². The molecule has 0 fully saturated rings. The number of ether oxygens (including phenoxy) is 1. The van der Waals surface area contributed by atoms with Crippen molar-refractivity contribution in [3.05, 3.63) is 65.7 Å². The Bertz CT molecular complexity index is 941. The summed E-state index contributed by atoms with van der Waals surface area (Å²) in [5.74, 6) is 0.695. The molecule has 5 heteroatoms. The first kappa shape index (κ1) is 16.9. The van der Waals surface area contributed by atoms with E-state index in [0.717, 1.165) is 34.3 Å². The van der Waals surface area contributed by atoms with Crippen molar-refractivity contribution in [2.75, 3.05) is 6.54 Å². The van der Waals surface area contributed by atoms with Crippen LogP contribution in [0.5, 0.6) is 5.75 Å². The lowest BCUT2D eigenvalue weighted by molar-refractivity contribution is 0.0664. The maximum atomic E-state index is 13.8. The van der Waals surface area contributed by atoms with E-state index in [0.29, 0.717) is 13.0 Å². The van der Waals surface area contributed by atoms with Gasteiger partial charge in [-0.1, -0.05) is 18.2 Å². The maximum Gasteiger partial charge on any atom is 0.127 e. The lowest BCUT2D eigenvalue weighted by atomic mass is 9.89. The first-order valence-corrected chi connectivity index (χ1v) is 8.92. The smallest absolute Gasteiger partial charge is 0.127 e. The van der Waals surface area contributed by atoms with Gasteiger partial charge in [0.2, 0.25) is 0 Å². The highest BCUT2D eigenvalue weighted by Crippen LogP contribution is 2.40. The van der Waals surface area contributed by atoms with Gasteiger partial charge in [0.25, 0.3) is 0 Å². The molecule has 4 rings (SSSR count). The Morgan fingerprint density at radius 2 is 1.88 bits per heavy atom. The first-order valence-electron chi connectivity index (χ1n) is 8.92. The van der Waals surface area contributed by atoms with E-state index in [2.05, 4.69) is 29.1 Å². The van der Waals surface area contributed by atoms with Crippen LogP contribution in [0.25, 0.3) is 11.0 Å². The van der Waals surface area contributed by atoms with Crippen molar-refractivity contribution in [1.82, 2.24) is 15.3 Å². The number of hydrogen-bond acceptors (Lipinski definition) is 4. The van der Waals surface area contributed by atoms with E-state index in [9.17, 15) is 4.39 Å². The van der Waals surface area contributed by atoms with Crippen molar-refractivity contribution in [3.63, 3.8) is 0 Å². The van der Waals surface area contributed by atoms with E-state index >= 15 is 0 Å². The number of nitrogens with zero attached hydrogens (tertiary/aromatic N) is 2. The van der Waals surface area contributed by atoms with Gasteiger partial charge in [0.15, 0.2) is 0 Å². The second-order valence-corrected chi connectivity index (χ2v) is 7.35. The second kappa shape index (κ2) is 6.65. The highest BCUT2D eigenvalue weighted by molar-refractivity contribution is 5.77. The molecule has 3 aromatic rings. The lowest BCUT2D eigenvalue weighted by Crippen LogP contribution is -2.40. The minimum absolute atomic E-state index is 0.131. The molecule has 1 unspecified atom stereocenters. The third-order valence-electron chi connectivity index (χ3n) is 4.80. The van der Waals surface area contributed by atoms with Crippen LogP contribution >= 0.6 is 0 Å². The van der Waals surface area contributed by atoms with E-state index in [1.807, 2.05) is 24.3 Å². The van der Waals surface area contributed by atoms with E-state index in [4.69, 9.17) is 4.74 Å². The zero-order valence-corrected chi connectivity index (χ0v) is 15.0. The van der Waals surface area contributed by atoms with Gasteiger partial charge in [0.05, 0.1) is 11.0 Å². The van der Waals surface area contributed by atoms with Gasteiger partial charge >= 0.3 is 0 Å². The first-order chi connectivity index (χ1) is 12.5. The Morgan fingerprint density at radius 3 is 2.65 bits per heavy atom. The summed E-state index contributed by atoms with van der Waals surface area (Å²) < 4.78 is 20.0. The molecule has 0 saturated carbocycles. The Hall–Kier alpha value is -2.53. The third kappa shape index (κ3) is 3.40. The molecule has 134 valence electrons. The molecule has 0 spiro atoms. The highest BCUT2D eigenvalue weighted by atomic mass is 19.1. The Balaban J connectivity index is 1.58. The molecule has 0 saturated heterocycles. The largest absolute Gasteiger partial charge is 0.487 e. The predicted octanol–water partition coefficient (Wildman–Crippen LogP) is 4.20. The molecule has 1 aromatic heterocycles. The Kier molecular flexibility index (Phi) is 4.32. The Labute approximate surface area is 152 Å².